The van der Waals surface area contributed by atoms with Crippen LogP contribution < -0.4 is 16.4 Å². The van der Waals surface area contributed by atoms with Crippen LogP contribution in [0.4, 0.5) is 5.69 Å². The number of nitrogens with two attached hydrogens (primary N) is 1. The first kappa shape index (κ1) is 14.0. The summed E-state index contributed by atoms with van der Waals surface area (Å²) in [6, 6.07) is 3.10. The maximum absolute atomic E-state index is 11.8. The minimum Gasteiger partial charge on any atom is -0.397 e. The fourth-order valence-electron chi connectivity index (χ4n) is 1.51. The van der Waals surface area contributed by atoms with Gasteiger partial charge in [0.25, 0.3) is 5.91 Å². The van der Waals surface area contributed by atoms with E-state index >= 15 is 0 Å². The van der Waals surface area contributed by atoms with E-state index in [4.69, 9.17) is 28.9 Å². The smallest absolute Gasteiger partial charge is 0.251 e. The second-order valence-electron chi connectivity index (χ2n) is 4.39. The maximum atomic E-state index is 11.8. The first-order valence-corrected chi connectivity index (χ1v) is 6.55. The number of carbonyl (C=O) groups is 2. The van der Waals surface area contributed by atoms with Crippen LogP contribution in [0.3, 0.4) is 0 Å². The molecule has 1 aromatic rings. The standard InChI is InChI=1S/C12H13Cl2N3O2/c13-8-3-6(4-9(15)11(8)14)12(19)16-5-10(18)17-7-1-2-7/h3-4,7H,1-2,5,15H2,(H,16,19)(H,17,18). The van der Waals surface area contributed by atoms with Crippen LogP contribution in [0.1, 0.15) is 23.2 Å². The highest BCUT2D eigenvalue weighted by Crippen LogP contribution is 2.29. The number of hydrogen-bond acceptors (Lipinski definition) is 3. The lowest BCUT2D eigenvalue weighted by atomic mass is 10.2. The molecule has 0 atom stereocenters. The molecular weight excluding hydrogens is 289 g/mol. The summed E-state index contributed by atoms with van der Waals surface area (Å²) in [5.74, 6) is -0.625. The number of anilines is 1. The van der Waals surface area contributed by atoms with E-state index < -0.39 is 5.91 Å². The molecule has 0 aromatic heterocycles. The minimum absolute atomic E-state index is 0.0739. The quantitative estimate of drug-likeness (QED) is 0.738. The highest BCUT2D eigenvalue weighted by Gasteiger charge is 2.23. The monoisotopic (exact) mass is 301 g/mol. The van der Waals surface area contributed by atoms with Crippen LogP contribution in [0.2, 0.25) is 10.0 Å². The SMILES string of the molecule is Nc1cc(C(=O)NCC(=O)NC2CC2)cc(Cl)c1Cl. The van der Waals surface area contributed by atoms with Crippen LogP contribution in [0, 0.1) is 0 Å². The number of rotatable bonds is 4. The Morgan fingerprint density at radius 3 is 2.58 bits per heavy atom. The topological polar surface area (TPSA) is 84.2 Å². The Balaban J connectivity index is 1.93. The average Bonchev–Trinajstić information content (AvgIpc) is 3.16. The van der Waals surface area contributed by atoms with Gasteiger partial charge in [-0.2, -0.15) is 0 Å². The largest absolute Gasteiger partial charge is 0.397 e. The van der Waals surface area contributed by atoms with Crippen LogP contribution >= 0.6 is 23.2 Å². The molecule has 1 fully saturated rings. The van der Waals surface area contributed by atoms with Gasteiger partial charge in [-0.25, -0.2) is 0 Å². The molecule has 2 rings (SSSR count). The highest BCUT2D eigenvalue weighted by atomic mass is 35.5. The lowest BCUT2D eigenvalue weighted by Crippen LogP contribution is -2.37. The Morgan fingerprint density at radius 2 is 2.00 bits per heavy atom. The zero-order valence-corrected chi connectivity index (χ0v) is 11.5. The molecule has 0 spiro atoms. The van der Waals surface area contributed by atoms with Gasteiger partial charge in [0, 0.05) is 11.6 Å². The Bertz CT molecular complexity index is 507. The van der Waals surface area contributed by atoms with E-state index in [0.717, 1.165) is 12.8 Å². The summed E-state index contributed by atoms with van der Waals surface area (Å²) in [5.41, 5.74) is 6.11. The first-order valence-electron chi connectivity index (χ1n) is 5.79. The van der Waals surface area contributed by atoms with Crippen molar-refractivity contribution in [2.75, 3.05) is 12.3 Å². The van der Waals surface area contributed by atoms with Crippen molar-refractivity contribution >= 4 is 40.7 Å². The van der Waals surface area contributed by atoms with Gasteiger partial charge in [-0.1, -0.05) is 23.2 Å². The Morgan fingerprint density at radius 1 is 1.32 bits per heavy atom. The third kappa shape index (κ3) is 3.75. The van der Waals surface area contributed by atoms with E-state index in [1.807, 2.05) is 0 Å². The molecule has 19 heavy (non-hydrogen) atoms. The molecule has 1 saturated carbocycles. The summed E-state index contributed by atoms with van der Waals surface area (Å²) >= 11 is 11.6. The first-order chi connectivity index (χ1) is 8.97. The van der Waals surface area contributed by atoms with Crippen molar-refractivity contribution in [1.29, 1.82) is 0 Å². The number of halogens is 2. The molecule has 1 aliphatic rings. The normalized spacial score (nSPS) is 14.0. The van der Waals surface area contributed by atoms with E-state index in [-0.39, 0.29) is 39.8 Å². The number of hydrogen-bond donors (Lipinski definition) is 3. The lowest BCUT2D eigenvalue weighted by molar-refractivity contribution is -0.120. The predicted molar refractivity (Wildman–Crippen MR) is 74.4 cm³/mol. The molecule has 0 unspecified atom stereocenters. The van der Waals surface area contributed by atoms with Crippen molar-refractivity contribution in [2.24, 2.45) is 0 Å². The molecule has 0 heterocycles. The van der Waals surface area contributed by atoms with E-state index in [9.17, 15) is 9.59 Å². The molecule has 0 saturated heterocycles. The van der Waals surface area contributed by atoms with Crippen molar-refractivity contribution in [1.82, 2.24) is 10.6 Å². The van der Waals surface area contributed by atoms with Gasteiger partial charge in [0.2, 0.25) is 5.91 Å². The van der Waals surface area contributed by atoms with Crippen LogP contribution in [0.25, 0.3) is 0 Å². The summed E-state index contributed by atoms with van der Waals surface area (Å²) in [6.45, 7) is -0.0739. The van der Waals surface area contributed by atoms with Gasteiger partial charge in [0.15, 0.2) is 0 Å². The molecule has 1 aromatic carbocycles. The fraction of sp³-hybridized carbons (Fsp3) is 0.333. The highest BCUT2D eigenvalue weighted by molar-refractivity contribution is 6.43. The minimum atomic E-state index is -0.420. The van der Waals surface area contributed by atoms with Crippen LogP contribution in [-0.2, 0) is 4.79 Å². The third-order valence-corrected chi connectivity index (χ3v) is 3.49. The van der Waals surface area contributed by atoms with Crippen LogP contribution in [0.15, 0.2) is 12.1 Å². The summed E-state index contributed by atoms with van der Waals surface area (Å²) in [6.07, 6.45) is 2.01. The molecule has 2 amide bonds. The molecule has 102 valence electrons. The number of nitrogen functional groups attached to an aromatic ring is 1. The van der Waals surface area contributed by atoms with Gasteiger partial charge in [-0.3, -0.25) is 9.59 Å². The van der Waals surface area contributed by atoms with Crippen molar-refractivity contribution < 1.29 is 9.59 Å². The molecule has 7 heteroatoms. The number of nitrogens with one attached hydrogen (secondary N) is 2. The average molecular weight is 302 g/mol. The molecule has 4 N–H and O–H groups in total. The second-order valence-corrected chi connectivity index (χ2v) is 5.17. The molecular formula is C12H13Cl2N3O2. The molecule has 0 radical (unpaired) electrons. The van der Waals surface area contributed by atoms with Gasteiger partial charge >= 0.3 is 0 Å². The maximum Gasteiger partial charge on any atom is 0.251 e. The Kier molecular flexibility index (Phi) is 4.17. The lowest BCUT2D eigenvalue weighted by Gasteiger charge is -2.08. The second kappa shape index (κ2) is 5.67. The summed E-state index contributed by atoms with van der Waals surface area (Å²) < 4.78 is 0. The zero-order valence-electron chi connectivity index (χ0n) is 10.0. The van der Waals surface area contributed by atoms with Crippen LogP contribution in [0.5, 0.6) is 0 Å². The Hall–Kier alpha value is -1.46. The zero-order chi connectivity index (χ0) is 14.0. The molecule has 1 aliphatic carbocycles. The van der Waals surface area contributed by atoms with Gasteiger partial charge in [0.1, 0.15) is 0 Å². The molecule has 0 bridgehead atoms. The van der Waals surface area contributed by atoms with Gasteiger partial charge in [-0.15, -0.1) is 0 Å². The number of carbonyl (C=O) groups excluding carboxylic acids is 2. The summed E-state index contributed by atoms with van der Waals surface area (Å²) in [7, 11) is 0. The van der Waals surface area contributed by atoms with Gasteiger partial charge in [-0.05, 0) is 25.0 Å². The van der Waals surface area contributed by atoms with Crippen molar-refractivity contribution in [2.45, 2.75) is 18.9 Å². The van der Waals surface area contributed by atoms with E-state index in [0.29, 0.717) is 0 Å². The predicted octanol–water partition coefficient (Wildman–Crippen LogP) is 1.58. The summed E-state index contributed by atoms with van der Waals surface area (Å²) in [5, 5.41) is 5.68. The fourth-order valence-corrected chi connectivity index (χ4v) is 1.85. The number of amides is 2. The van der Waals surface area contributed by atoms with Gasteiger partial charge in [0.05, 0.1) is 22.3 Å². The van der Waals surface area contributed by atoms with Crippen molar-refractivity contribution in [3.63, 3.8) is 0 Å². The number of benzene rings is 1. The van der Waals surface area contributed by atoms with E-state index in [2.05, 4.69) is 10.6 Å². The van der Waals surface area contributed by atoms with Crippen LogP contribution in [-0.4, -0.2) is 24.4 Å². The molecule has 5 nitrogen and oxygen atoms in total. The Labute approximate surface area is 120 Å². The van der Waals surface area contributed by atoms with Gasteiger partial charge < -0.3 is 16.4 Å². The summed E-state index contributed by atoms with van der Waals surface area (Å²) in [4.78, 5) is 23.2. The van der Waals surface area contributed by atoms with E-state index in [1.54, 1.807) is 0 Å². The van der Waals surface area contributed by atoms with E-state index in [1.165, 1.54) is 12.1 Å². The molecule has 0 aliphatic heterocycles. The van der Waals surface area contributed by atoms with Crippen molar-refractivity contribution in [3.05, 3.63) is 27.7 Å². The van der Waals surface area contributed by atoms with Crippen molar-refractivity contribution in [3.8, 4) is 0 Å². The third-order valence-electron chi connectivity index (χ3n) is 2.67.